The number of aromatic nitrogens is 3. The maximum absolute atomic E-state index is 11.3. The molecule has 0 bridgehead atoms. The molecule has 0 aromatic carbocycles. The van der Waals surface area contributed by atoms with E-state index in [0.29, 0.717) is 11.5 Å². The molecule has 0 aliphatic carbocycles. The molecule has 0 atom stereocenters. The highest BCUT2D eigenvalue weighted by atomic mass is 32.1. The van der Waals surface area contributed by atoms with E-state index in [4.69, 9.17) is 0 Å². The molecule has 0 saturated carbocycles. The normalized spacial score (nSPS) is 12.2. The van der Waals surface area contributed by atoms with Crippen molar-refractivity contribution in [3.63, 3.8) is 0 Å². The van der Waals surface area contributed by atoms with Crippen molar-refractivity contribution >= 4 is 23.5 Å². The van der Waals surface area contributed by atoms with Crippen LogP contribution in [0.2, 0.25) is 0 Å². The van der Waals surface area contributed by atoms with Gasteiger partial charge in [-0.2, -0.15) is 0 Å². The summed E-state index contributed by atoms with van der Waals surface area (Å²) in [5.74, 6) is 0.565. The molecule has 0 spiro atoms. The molecule has 19 heavy (non-hydrogen) atoms. The summed E-state index contributed by atoms with van der Waals surface area (Å²) >= 11 is 1.65. The van der Waals surface area contributed by atoms with Crippen molar-refractivity contribution in [1.29, 1.82) is 0 Å². The van der Waals surface area contributed by atoms with Gasteiger partial charge in [-0.3, -0.25) is 4.79 Å². The number of rotatable bonds is 2. The van der Waals surface area contributed by atoms with Crippen LogP contribution >= 0.6 is 11.3 Å². The number of hydrogen-bond acceptors (Lipinski definition) is 4. The van der Waals surface area contributed by atoms with Gasteiger partial charge in [-0.1, -0.05) is 20.8 Å². The number of nitrogens with one attached hydrogen (secondary N) is 1. The maximum atomic E-state index is 11.3. The standard InChI is InChI=1S/C14H17N3OS/c1-9-7-12(18)17-11(16-9)6-5-10-8-15-13(19-10)14(2,3)4/h5-8H,1-4H3,(H,16,17,18)/b6-5+. The van der Waals surface area contributed by atoms with Crippen molar-refractivity contribution in [2.75, 3.05) is 0 Å². The quantitative estimate of drug-likeness (QED) is 0.916. The molecule has 2 heterocycles. The van der Waals surface area contributed by atoms with E-state index in [2.05, 4.69) is 35.7 Å². The molecule has 5 heteroatoms. The van der Waals surface area contributed by atoms with E-state index < -0.39 is 0 Å². The maximum Gasteiger partial charge on any atom is 0.251 e. The Labute approximate surface area is 116 Å². The molecular weight excluding hydrogens is 258 g/mol. The Balaban J connectivity index is 2.23. The van der Waals surface area contributed by atoms with Crippen LogP contribution in [0.25, 0.3) is 12.2 Å². The van der Waals surface area contributed by atoms with Gasteiger partial charge in [0.1, 0.15) is 5.82 Å². The summed E-state index contributed by atoms with van der Waals surface area (Å²) in [7, 11) is 0. The minimum absolute atomic E-state index is 0.0622. The van der Waals surface area contributed by atoms with E-state index >= 15 is 0 Å². The van der Waals surface area contributed by atoms with Crippen LogP contribution in [0.15, 0.2) is 17.1 Å². The zero-order valence-corrected chi connectivity index (χ0v) is 12.3. The molecule has 2 aromatic rings. The number of aromatic amines is 1. The van der Waals surface area contributed by atoms with Crippen molar-refractivity contribution in [3.05, 3.63) is 44.0 Å². The van der Waals surface area contributed by atoms with Crippen LogP contribution in [0.5, 0.6) is 0 Å². The molecule has 0 radical (unpaired) electrons. The largest absolute Gasteiger partial charge is 0.307 e. The average Bonchev–Trinajstić information content (AvgIpc) is 2.73. The topological polar surface area (TPSA) is 58.6 Å². The van der Waals surface area contributed by atoms with E-state index in [1.165, 1.54) is 6.07 Å². The van der Waals surface area contributed by atoms with Crippen molar-refractivity contribution in [3.8, 4) is 0 Å². The van der Waals surface area contributed by atoms with E-state index in [1.807, 2.05) is 12.3 Å². The third-order valence-electron chi connectivity index (χ3n) is 2.46. The number of H-pyrrole nitrogens is 1. The molecule has 0 aliphatic heterocycles. The second-order valence-corrected chi connectivity index (χ2v) is 6.49. The Morgan fingerprint density at radius 1 is 1.32 bits per heavy atom. The van der Waals surface area contributed by atoms with Gasteiger partial charge >= 0.3 is 0 Å². The van der Waals surface area contributed by atoms with Gasteiger partial charge in [0.25, 0.3) is 5.56 Å². The Hall–Kier alpha value is -1.75. The summed E-state index contributed by atoms with van der Waals surface area (Å²) in [6.45, 7) is 8.22. The molecule has 2 aromatic heterocycles. The second kappa shape index (κ2) is 5.09. The monoisotopic (exact) mass is 275 g/mol. The van der Waals surface area contributed by atoms with Crippen LogP contribution in [0.3, 0.4) is 0 Å². The Morgan fingerprint density at radius 3 is 2.63 bits per heavy atom. The fraction of sp³-hybridized carbons (Fsp3) is 0.357. The highest BCUT2D eigenvalue weighted by molar-refractivity contribution is 7.12. The lowest BCUT2D eigenvalue weighted by Crippen LogP contribution is -2.09. The van der Waals surface area contributed by atoms with Crippen molar-refractivity contribution in [1.82, 2.24) is 15.0 Å². The molecular formula is C14H17N3OS. The molecule has 0 unspecified atom stereocenters. The Bertz CT molecular complexity index is 662. The third-order valence-corrected chi connectivity index (χ3v) is 3.85. The number of thiazole rings is 1. The van der Waals surface area contributed by atoms with Crippen LogP contribution < -0.4 is 5.56 Å². The van der Waals surface area contributed by atoms with E-state index in [9.17, 15) is 4.79 Å². The smallest absolute Gasteiger partial charge is 0.251 e. The first-order valence-electron chi connectivity index (χ1n) is 6.07. The number of nitrogens with zero attached hydrogens (tertiary/aromatic N) is 2. The minimum atomic E-state index is -0.133. The first-order chi connectivity index (χ1) is 8.84. The van der Waals surface area contributed by atoms with Gasteiger partial charge in [0.15, 0.2) is 0 Å². The molecule has 4 nitrogen and oxygen atoms in total. The van der Waals surface area contributed by atoms with E-state index in [0.717, 1.165) is 9.88 Å². The average molecular weight is 275 g/mol. The summed E-state index contributed by atoms with van der Waals surface area (Å²) in [6, 6.07) is 1.47. The summed E-state index contributed by atoms with van der Waals surface area (Å²) in [6.07, 6.45) is 5.56. The summed E-state index contributed by atoms with van der Waals surface area (Å²) in [5.41, 5.74) is 0.641. The number of hydrogen-bond donors (Lipinski definition) is 1. The van der Waals surface area contributed by atoms with Gasteiger partial charge in [-0.15, -0.1) is 11.3 Å². The molecule has 0 saturated heterocycles. The lowest BCUT2D eigenvalue weighted by Gasteiger charge is -2.13. The molecule has 0 fully saturated rings. The lowest BCUT2D eigenvalue weighted by atomic mass is 9.98. The Morgan fingerprint density at radius 2 is 2.05 bits per heavy atom. The first-order valence-corrected chi connectivity index (χ1v) is 6.88. The number of aryl methyl sites for hydroxylation is 1. The SMILES string of the molecule is Cc1cc(=O)[nH]c(/C=C/c2cnc(C(C)(C)C)s2)n1. The van der Waals surface area contributed by atoms with Crippen molar-refractivity contribution in [2.45, 2.75) is 33.1 Å². The van der Waals surface area contributed by atoms with E-state index in [-0.39, 0.29) is 11.0 Å². The van der Waals surface area contributed by atoms with Gasteiger partial charge in [-0.05, 0) is 19.1 Å². The lowest BCUT2D eigenvalue weighted by molar-refractivity contribution is 0.585. The van der Waals surface area contributed by atoms with Crippen LogP contribution in [0.4, 0.5) is 0 Å². The summed E-state index contributed by atoms with van der Waals surface area (Å²) in [4.78, 5) is 23.7. The van der Waals surface area contributed by atoms with Gasteiger partial charge in [-0.25, -0.2) is 9.97 Å². The molecule has 100 valence electrons. The van der Waals surface area contributed by atoms with Crippen LogP contribution in [-0.2, 0) is 5.41 Å². The molecule has 0 aliphatic rings. The van der Waals surface area contributed by atoms with Gasteiger partial charge in [0.2, 0.25) is 0 Å². The van der Waals surface area contributed by atoms with Crippen LogP contribution in [0.1, 0.15) is 42.2 Å². The third kappa shape index (κ3) is 3.61. The van der Waals surface area contributed by atoms with Crippen LogP contribution in [-0.4, -0.2) is 15.0 Å². The zero-order valence-electron chi connectivity index (χ0n) is 11.5. The van der Waals surface area contributed by atoms with Gasteiger partial charge in [0.05, 0.1) is 5.01 Å². The molecule has 0 amide bonds. The highest BCUT2D eigenvalue weighted by Gasteiger charge is 2.17. The van der Waals surface area contributed by atoms with Crippen molar-refractivity contribution in [2.24, 2.45) is 0 Å². The second-order valence-electron chi connectivity index (χ2n) is 5.42. The van der Waals surface area contributed by atoms with Crippen LogP contribution in [0, 0.1) is 6.92 Å². The zero-order chi connectivity index (χ0) is 14.0. The molecule has 2 rings (SSSR count). The Kier molecular flexibility index (Phi) is 3.66. The van der Waals surface area contributed by atoms with Crippen molar-refractivity contribution < 1.29 is 0 Å². The fourth-order valence-electron chi connectivity index (χ4n) is 1.55. The molecule has 1 N–H and O–H groups in total. The summed E-state index contributed by atoms with van der Waals surface area (Å²) < 4.78 is 0. The summed E-state index contributed by atoms with van der Waals surface area (Å²) in [5, 5.41) is 1.10. The predicted octanol–water partition coefficient (Wildman–Crippen LogP) is 3.00. The predicted molar refractivity (Wildman–Crippen MR) is 79.3 cm³/mol. The first kappa shape index (κ1) is 13.7. The highest BCUT2D eigenvalue weighted by Crippen LogP contribution is 2.27. The van der Waals surface area contributed by atoms with Gasteiger partial charge < -0.3 is 4.98 Å². The fourth-order valence-corrected chi connectivity index (χ4v) is 2.43. The van der Waals surface area contributed by atoms with E-state index in [1.54, 1.807) is 24.3 Å². The minimum Gasteiger partial charge on any atom is -0.307 e. The van der Waals surface area contributed by atoms with Gasteiger partial charge in [0, 0.05) is 28.2 Å².